The molecular formula is C32H38N4O4. The summed E-state index contributed by atoms with van der Waals surface area (Å²) in [6.45, 7) is 4.20. The molecule has 1 aliphatic heterocycles. The summed E-state index contributed by atoms with van der Waals surface area (Å²) in [4.78, 5) is 42.2. The number of nitrogens with zero attached hydrogens (tertiary/aromatic N) is 2. The van der Waals surface area contributed by atoms with Crippen LogP contribution in [0, 0.1) is 5.92 Å². The Labute approximate surface area is 235 Å². The Kier molecular flexibility index (Phi) is 8.96. The maximum atomic E-state index is 12.9. The number of rotatable bonds is 8. The van der Waals surface area contributed by atoms with Crippen LogP contribution in [0.5, 0.6) is 5.75 Å². The normalized spacial score (nSPS) is 19.7. The van der Waals surface area contributed by atoms with Crippen molar-refractivity contribution >= 4 is 28.5 Å². The molecule has 5 rings (SSSR count). The molecule has 0 aromatic heterocycles. The first-order chi connectivity index (χ1) is 19.5. The van der Waals surface area contributed by atoms with E-state index in [0.717, 1.165) is 68.4 Å². The molecule has 0 spiro atoms. The quantitative estimate of drug-likeness (QED) is 0.424. The van der Waals surface area contributed by atoms with Crippen LogP contribution in [0.1, 0.15) is 46.4 Å². The van der Waals surface area contributed by atoms with Gasteiger partial charge in [-0.3, -0.25) is 14.4 Å². The molecule has 3 amide bonds. The highest BCUT2D eigenvalue weighted by molar-refractivity contribution is 5.98. The molecule has 0 unspecified atom stereocenters. The summed E-state index contributed by atoms with van der Waals surface area (Å²) >= 11 is 0. The maximum Gasteiger partial charge on any atom is 0.251 e. The lowest BCUT2D eigenvalue weighted by Crippen LogP contribution is -2.49. The van der Waals surface area contributed by atoms with Crippen LogP contribution >= 0.6 is 0 Å². The van der Waals surface area contributed by atoms with E-state index in [-0.39, 0.29) is 23.8 Å². The van der Waals surface area contributed by atoms with Crippen LogP contribution in [0.25, 0.3) is 10.8 Å². The summed E-state index contributed by atoms with van der Waals surface area (Å²) in [5.41, 5.74) is 1.13. The third kappa shape index (κ3) is 6.99. The van der Waals surface area contributed by atoms with Crippen LogP contribution in [0.4, 0.5) is 0 Å². The largest absolute Gasteiger partial charge is 0.490 e. The van der Waals surface area contributed by atoms with Gasteiger partial charge in [-0.05, 0) is 79.9 Å². The highest BCUT2D eigenvalue weighted by atomic mass is 16.5. The van der Waals surface area contributed by atoms with Gasteiger partial charge in [-0.1, -0.05) is 30.3 Å². The third-order valence-electron chi connectivity index (χ3n) is 7.97. The molecule has 1 aliphatic carbocycles. The molecule has 1 heterocycles. The fourth-order valence-corrected chi connectivity index (χ4v) is 5.48. The predicted molar refractivity (Wildman–Crippen MR) is 156 cm³/mol. The monoisotopic (exact) mass is 542 g/mol. The fourth-order valence-electron chi connectivity index (χ4n) is 5.48. The second kappa shape index (κ2) is 13.0. The third-order valence-corrected chi connectivity index (χ3v) is 7.97. The average Bonchev–Trinajstić information content (AvgIpc) is 2.99. The molecule has 2 fully saturated rings. The minimum absolute atomic E-state index is 0.0856. The Morgan fingerprint density at radius 3 is 2.02 bits per heavy atom. The van der Waals surface area contributed by atoms with Gasteiger partial charge in [0.1, 0.15) is 5.75 Å². The van der Waals surface area contributed by atoms with Gasteiger partial charge in [0, 0.05) is 56.3 Å². The van der Waals surface area contributed by atoms with Gasteiger partial charge in [-0.25, -0.2) is 0 Å². The number of hydrogen-bond acceptors (Lipinski definition) is 5. The molecule has 210 valence electrons. The lowest BCUT2D eigenvalue weighted by molar-refractivity contribution is -0.138. The standard InChI is InChI=1S/C32H38N4O4/c1-35-18-20-36(21-19-35)32(39)25-10-14-29(15-11-25)40-28-12-8-24(9-13-28)30(37)33-16-17-34-31(38)27-7-6-23-4-2-3-5-26(23)22-27/h2-9,12-13,22,25,29H,10-11,14-21H2,1H3,(H,33,37)(H,34,38). The Morgan fingerprint density at radius 2 is 1.35 bits per heavy atom. The zero-order valence-electron chi connectivity index (χ0n) is 23.1. The summed E-state index contributed by atoms with van der Waals surface area (Å²) < 4.78 is 6.16. The van der Waals surface area contributed by atoms with E-state index < -0.39 is 0 Å². The molecular weight excluding hydrogens is 504 g/mol. The highest BCUT2D eigenvalue weighted by Gasteiger charge is 2.31. The summed E-state index contributed by atoms with van der Waals surface area (Å²) in [7, 11) is 2.10. The van der Waals surface area contributed by atoms with E-state index in [1.807, 2.05) is 53.4 Å². The molecule has 0 radical (unpaired) electrons. The minimum Gasteiger partial charge on any atom is -0.490 e. The van der Waals surface area contributed by atoms with Crippen molar-refractivity contribution in [2.24, 2.45) is 5.92 Å². The molecule has 2 N–H and O–H groups in total. The van der Waals surface area contributed by atoms with E-state index in [1.165, 1.54) is 0 Å². The van der Waals surface area contributed by atoms with E-state index >= 15 is 0 Å². The number of carbonyl (C=O) groups is 3. The first-order valence-corrected chi connectivity index (χ1v) is 14.3. The first kappa shape index (κ1) is 27.6. The SMILES string of the molecule is CN1CCN(C(=O)C2CCC(Oc3ccc(C(=O)NCCNC(=O)c4ccc5ccccc5c4)cc3)CC2)CC1. The van der Waals surface area contributed by atoms with Crippen molar-refractivity contribution in [3.8, 4) is 5.75 Å². The highest BCUT2D eigenvalue weighted by Crippen LogP contribution is 2.29. The minimum atomic E-state index is -0.200. The molecule has 0 bridgehead atoms. The van der Waals surface area contributed by atoms with E-state index in [4.69, 9.17) is 4.74 Å². The van der Waals surface area contributed by atoms with Gasteiger partial charge in [-0.2, -0.15) is 0 Å². The summed E-state index contributed by atoms with van der Waals surface area (Å²) in [6, 6.07) is 20.6. The molecule has 1 saturated heterocycles. The van der Waals surface area contributed by atoms with Crippen molar-refractivity contribution in [3.05, 3.63) is 77.9 Å². The Hall–Kier alpha value is -3.91. The molecule has 8 nitrogen and oxygen atoms in total. The van der Waals surface area contributed by atoms with Gasteiger partial charge >= 0.3 is 0 Å². The lowest BCUT2D eigenvalue weighted by atomic mass is 9.86. The molecule has 3 aromatic carbocycles. The smallest absolute Gasteiger partial charge is 0.251 e. The second-order valence-corrected chi connectivity index (χ2v) is 10.8. The van der Waals surface area contributed by atoms with Crippen LogP contribution in [-0.2, 0) is 4.79 Å². The van der Waals surface area contributed by atoms with E-state index in [2.05, 4.69) is 22.6 Å². The van der Waals surface area contributed by atoms with Crippen molar-refractivity contribution in [1.29, 1.82) is 0 Å². The van der Waals surface area contributed by atoms with Gasteiger partial charge in [0.2, 0.25) is 5.91 Å². The molecule has 1 saturated carbocycles. The Bertz CT molecular complexity index is 1330. The van der Waals surface area contributed by atoms with Crippen molar-refractivity contribution < 1.29 is 19.1 Å². The van der Waals surface area contributed by atoms with Crippen LogP contribution in [0.2, 0.25) is 0 Å². The number of piperazine rings is 1. The molecule has 3 aromatic rings. The number of likely N-dealkylation sites (N-methyl/N-ethyl adjacent to an activating group) is 1. The number of amides is 3. The van der Waals surface area contributed by atoms with Crippen LogP contribution in [0.15, 0.2) is 66.7 Å². The van der Waals surface area contributed by atoms with E-state index in [1.54, 1.807) is 18.2 Å². The maximum absolute atomic E-state index is 12.9. The van der Waals surface area contributed by atoms with E-state index in [9.17, 15) is 14.4 Å². The summed E-state index contributed by atoms with van der Waals surface area (Å²) in [6.07, 6.45) is 3.51. The van der Waals surface area contributed by atoms with Crippen molar-refractivity contribution in [2.75, 3.05) is 46.3 Å². The predicted octanol–water partition coefficient (Wildman–Crippen LogP) is 3.71. The topological polar surface area (TPSA) is 91.0 Å². The average molecular weight is 543 g/mol. The van der Waals surface area contributed by atoms with Crippen molar-refractivity contribution in [2.45, 2.75) is 31.8 Å². The summed E-state index contributed by atoms with van der Waals surface area (Å²) in [5, 5.41) is 7.80. The van der Waals surface area contributed by atoms with E-state index in [0.29, 0.717) is 30.1 Å². The van der Waals surface area contributed by atoms with Crippen molar-refractivity contribution in [1.82, 2.24) is 20.4 Å². The Morgan fingerprint density at radius 1 is 0.750 bits per heavy atom. The number of benzene rings is 3. The lowest BCUT2D eigenvalue weighted by Gasteiger charge is -2.36. The molecule has 0 atom stereocenters. The fraction of sp³-hybridized carbons (Fsp3) is 0.406. The number of carbonyl (C=O) groups excluding carboxylic acids is 3. The van der Waals surface area contributed by atoms with Gasteiger partial charge in [0.05, 0.1) is 6.10 Å². The van der Waals surface area contributed by atoms with Crippen LogP contribution < -0.4 is 15.4 Å². The van der Waals surface area contributed by atoms with Gasteiger partial charge in [-0.15, -0.1) is 0 Å². The second-order valence-electron chi connectivity index (χ2n) is 10.8. The van der Waals surface area contributed by atoms with Gasteiger partial charge in [0.25, 0.3) is 11.8 Å². The number of nitrogens with one attached hydrogen (secondary N) is 2. The van der Waals surface area contributed by atoms with Crippen molar-refractivity contribution in [3.63, 3.8) is 0 Å². The summed E-state index contributed by atoms with van der Waals surface area (Å²) in [5.74, 6) is 0.767. The molecule has 40 heavy (non-hydrogen) atoms. The van der Waals surface area contributed by atoms with Crippen LogP contribution in [-0.4, -0.2) is 79.9 Å². The zero-order valence-corrected chi connectivity index (χ0v) is 23.1. The van der Waals surface area contributed by atoms with Crippen LogP contribution in [0.3, 0.4) is 0 Å². The number of hydrogen-bond donors (Lipinski definition) is 2. The first-order valence-electron chi connectivity index (χ1n) is 14.3. The van der Waals surface area contributed by atoms with Gasteiger partial charge in [0.15, 0.2) is 0 Å². The van der Waals surface area contributed by atoms with Gasteiger partial charge < -0.3 is 25.2 Å². The zero-order chi connectivity index (χ0) is 27.9. The molecule has 8 heteroatoms. The number of ether oxygens (including phenoxy) is 1. The number of fused-ring (bicyclic) bond motifs is 1. The molecule has 2 aliphatic rings. The Balaban J connectivity index is 1.01.